The van der Waals surface area contributed by atoms with Gasteiger partial charge in [-0.2, -0.15) is 0 Å². The normalized spacial score (nSPS) is 30.6. The molecule has 1 fully saturated rings. The number of piperidine rings is 1. The summed E-state index contributed by atoms with van der Waals surface area (Å²) in [4.78, 5) is 0. The van der Waals surface area contributed by atoms with Crippen molar-refractivity contribution in [3.63, 3.8) is 0 Å². The van der Waals surface area contributed by atoms with Crippen LogP contribution in [0.15, 0.2) is 0 Å². The lowest BCUT2D eigenvalue weighted by Crippen LogP contribution is -2.59. The van der Waals surface area contributed by atoms with Crippen molar-refractivity contribution in [1.29, 1.82) is 0 Å². The van der Waals surface area contributed by atoms with E-state index >= 15 is 0 Å². The first-order valence-electron chi connectivity index (χ1n) is 5.37. The van der Waals surface area contributed by atoms with Crippen LogP contribution in [0.3, 0.4) is 0 Å². The standard InChI is InChI=1S/C10H23NO2Si/c1-9-6-10(2)8-11(7-9)14(5,12-3)13-4/h9-10H,6-8H2,1-5H3. The van der Waals surface area contributed by atoms with Crippen LogP contribution in [-0.2, 0) is 8.85 Å². The van der Waals surface area contributed by atoms with Crippen molar-refractivity contribution in [2.24, 2.45) is 11.8 Å². The maximum atomic E-state index is 5.57. The first kappa shape index (κ1) is 12.2. The Morgan fingerprint density at radius 3 is 1.86 bits per heavy atom. The Morgan fingerprint density at radius 2 is 1.50 bits per heavy atom. The van der Waals surface area contributed by atoms with Gasteiger partial charge in [0.25, 0.3) is 0 Å². The predicted molar refractivity (Wildman–Crippen MR) is 60.2 cm³/mol. The SMILES string of the molecule is CO[Si](C)(OC)N1CC(C)CC(C)C1. The van der Waals surface area contributed by atoms with Gasteiger partial charge in [-0.3, -0.25) is 4.57 Å². The van der Waals surface area contributed by atoms with Gasteiger partial charge >= 0.3 is 8.72 Å². The van der Waals surface area contributed by atoms with Crippen LogP contribution in [0.2, 0.25) is 6.55 Å². The summed E-state index contributed by atoms with van der Waals surface area (Å²) in [6.45, 7) is 8.98. The zero-order valence-electron chi connectivity index (χ0n) is 10.0. The summed E-state index contributed by atoms with van der Waals surface area (Å²) in [5.41, 5.74) is 0. The van der Waals surface area contributed by atoms with Gasteiger partial charge in [0.1, 0.15) is 0 Å². The van der Waals surface area contributed by atoms with Crippen LogP contribution < -0.4 is 0 Å². The lowest BCUT2D eigenvalue weighted by atomic mass is 9.93. The minimum Gasteiger partial charge on any atom is -0.386 e. The summed E-state index contributed by atoms with van der Waals surface area (Å²) in [7, 11) is 1.48. The highest BCUT2D eigenvalue weighted by Gasteiger charge is 2.41. The molecule has 0 amide bonds. The number of rotatable bonds is 3. The Morgan fingerprint density at radius 1 is 1.07 bits per heavy atom. The second-order valence-electron chi connectivity index (χ2n) is 4.66. The van der Waals surface area contributed by atoms with Gasteiger partial charge in [-0.25, -0.2) is 0 Å². The fourth-order valence-electron chi connectivity index (χ4n) is 2.34. The molecule has 2 unspecified atom stereocenters. The van der Waals surface area contributed by atoms with Crippen molar-refractivity contribution in [2.45, 2.75) is 26.8 Å². The van der Waals surface area contributed by atoms with E-state index in [0.717, 1.165) is 24.9 Å². The summed E-state index contributed by atoms with van der Waals surface area (Å²) < 4.78 is 13.6. The van der Waals surface area contributed by atoms with Gasteiger partial charge in [0.05, 0.1) is 0 Å². The van der Waals surface area contributed by atoms with Crippen LogP contribution in [0.4, 0.5) is 0 Å². The van der Waals surface area contributed by atoms with Crippen molar-refractivity contribution in [1.82, 2.24) is 4.57 Å². The van der Waals surface area contributed by atoms with Crippen LogP contribution in [0.1, 0.15) is 20.3 Å². The van der Waals surface area contributed by atoms with Gasteiger partial charge in [0, 0.05) is 14.2 Å². The van der Waals surface area contributed by atoms with Gasteiger partial charge < -0.3 is 8.85 Å². The summed E-state index contributed by atoms with van der Waals surface area (Å²) in [6, 6.07) is 0. The summed E-state index contributed by atoms with van der Waals surface area (Å²) in [5.74, 6) is 1.52. The van der Waals surface area contributed by atoms with E-state index in [1.54, 1.807) is 14.2 Å². The van der Waals surface area contributed by atoms with Gasteiger partial charge in [-0.15, -0.1) is 0 Å². The van der Waals surface area contributed by atoms with Crippen LogP contribution >= 0.6 is 0 Å². The quantitative estimate of drug-likeness (QED) is 0.673. The predicted octanol–water partition coefficient (Wildman–Crippen LogP) is 1.83. The molecule has 0 radical (unpaired) electrons. The molecule has 14 heavy (non-hydrogen) atoms. The van der Waals surface area contributed by atoms with Gasteiger partial charge in [0.2, 0.25) is 0 Å². The van der Waals surface area contributed by atoms with E-state index in [1.807, 2.05) is 0 Å². The molecule has 0 aromatic rings. The maximum Gasteiger partial charge on any atom is 0.424 e. The molecule has 1 saturated heterocycles. The Kier molecular flexibility index (Phi) is 4.12. The van der Waals surface area contributed by atoms with E-state index in [9.17, 15) is 0 Å². The van der Waals surface area contributed by atoms with Crippen molar-refractivity contribution >= 4 is 8.72 Å². The number of hydrogen-bond donors (Lipinski definition) is 0. The van der Waals surface area contributed by atoms with Crippen molar-refractivity contribution in [3.8, 4) is 0 Å². The third-order valence-corrected chi connectivity index (χ3v) is 6.23. The Bertz CT molecular complexity index is 175. The highest BCUT2D eigenvalue weighted by molar-refractivity contribution is 6.63. The fraction of sp³-hybridized carbons (Fsp3) is 1.00. The molecule has 0 saturated carbocycles. The van der Waals surface area contributed by atoms with E-state index in [0.29, 0.717) is 0 Å². The monoisotopic (exact) mass is 217 g/mol. The lowest BCUT2D eigenvalue weighted by Gasteiger charge is -2.42. The molecule has 0 aromatic heterocycles. The topological polar surface area (TPSA) is 21.7 Å². The highest BCUT2D eigenvalue weighted by atomic mass is 28.4. The third kappa shape index (κ3) is 2.57. The second kappa shape index (κ2) is 4.75. The molecule has 0 aromatic carbocycles. The van der Waals surface area contributed by atoms with Gasteiger partial charge in [-0.1, -0.05) is 13.8 Å². The van der Waals surface area contributed by atoms with Gasteiger partial charge in [0.15, 0.2) is 0 Å². The van der Waals surface area contributed by atoms with E-state index in [4.69, 9.17) is 8.85 Å². The molecule has 3 nitrogen and oxygen atoms in total. The maximum absolute atomic E-state index is 5.57. The van der Waals surface area contributed by atoms with Crippen LogP contribution in [-0.4, -0.2) is 40.6 Å². The van der Waals surface area contributed by atoms with E-state index < -0.39 is 8.72 Å². The summed E-state index contributed by atoms with van der Waals surface area (Å²) in [5, 5.41) is 0. The fourth-order valence-corrected chi connectivity index (χ4v) is 4.31. The third-order valence-electron chi connectivity index (χ3n) is 3.20. The molecule has 1 rings (SSSR count). The molecule has 0 aliphatic carbocycles. The largest absolute Gasteiger partial charge is 0.424 e. The smallest absolute Gasteiger partial charge is 0.386 e. The molecule has 1 aliphatic rings. The molecule has 1 heterocycles. The average Bonchev–Trinajstić information content (AvgIpc) is 2.15. The summed E-state index contributed by atoms with van der Waals surface area (Å²) in [6.07, 6.45) is 1.33. The number of nitrogens with zero attached hydrogens (tertiary/aromatic N) is 1. The highest BCUT2D eigenvalue weighted by Crippen LogP contribution is 2.25. The second-order valence-corrected chi connectivity index (χ2v) is 7.90. The Balaban J connectivity index is 2.66. The molecule has 0 N–H and O–H groups in total. The molecule has 1 aliphatic heterocycles. The molecular weight excluding hydrogens is 194 g/mol. The summed E-state index contributed by atoms with van der Waals surface area (Å²) >= 11 is 0. The zero-order chi connectivity index (χ0) is 10.8. The minimum atomic E-state index is -2.05. The Hall–Kier alpha value is 0.0969. The molecular formula is C10H23NO2Si. The lowest BCUT2D eigenvalue weighted by molar-refractivity contribution is 0.118. The van der Waals surface area contributed by atoms with Crippen molar-refractivity contribution < 1.29 is 8.85 Å². The molecule has 0 bridgehead atoms. The molecule has 2 atom stereocenters. The van der Waals surface area contributed by atoms with Crippen molar-refractivity contribution in [2.75, 3.05) is 27.3 Å². The Labute approximate surface area is 88.7 Å². The van der Waals surface area contributed by atoms with E-state index in [1.165, 1.54) is 6.42 Å². The molecule has 4 heteroatoms. The first-order valence-corrected chi connectivity index (χ1v) is 7.63. The zero-order valence-corrected chi connectivity index (χ0v) is 11.0. The average molecular weight is 217 g/mol. The van der Waals surface area contributed by atoms with E-state index in [2.05, 4.69) is 25.0 Å². The van der Waals surface area contributed by atoms with Crippen molar-refractivity contribution in [3.05, 3.63) is 0 Å². The van der Waals surface area contributed by atoms with Crippen LogP contribution in [0, 0.1) is 11.8 Å². The first-order chi connectivity index (χ1) is 6.51. The van der Waals surface area contributed by atoms with Crippen LogP contribution in [0.25, 0.3) is 0 Å². The number of hydrogen-bond acceptors (Lipinski definition) is 3. The minimum absolute atomic E-state index is 0.760. The van der Waals surface area contributed by atoms with E-state index in [-0.39, 0.29) is 0 Å². The molecule has 84 valence electrons. The van der Waals surface area contributed by atoms with Crippen LogP contribution in [0.5, 0.6) is 0 Å². The molecule has 0 spiro atoms. The van der Waals surface area contributed by atoms with Gasteiger partial charge in [-0.05, 0) is 37.9 Å².